The summed E-state index contributed by atoms with van der Waals surface area (Å²) in [5.41, 5.74) is 1.96. The third kappa shape index (κ3) is 5.03. The van der Waals surface area contributed by atoms with Gasteiger partial charge in [0.15, 0.2) is 5.69 Å². The van der Waals surface area contributed by atoms with Crippen LogP contribution < -0.4 is 5.32 Å². The Hall–Kier alpha value is -2.97. The molecule has 7 nitrogen and oxygen atoms in total. The third-order valence-electron chi connectivity index (χ3n) is 5.55. The van der Waals surface area contributed by atoms with Crippen LogP contribution in [-0.2, 0) is 16.4 Å². The van der Waals surface area contributed by atoms with Gasteiger partial charge in [0.2, 0.25) is 10.0 Å². The molecule has 4 rings (SSSR count). The molecule has 1 fully saturated rings. The number of carbonyl (C=O) groups excluding carboxylic acids is 1. The lowest BCUT2D eigenvalue weighted by Crippen LogP contribution is -2.38. The van der Waals surface area contributed by atoms with E-state index in [4.69, 9.17) is 4.52 Å². The van der Waals surface area contributed by atoms with Gasteiger partial charge in [0.25, 0.3) is 5.91 Å². The molecular weight excluding hydrogens is 414 g/mol. The molecule has 162 valence electrons. The van der Waals surface area contributed by atoms with Gasteiger partial charge in [-0.05, 0) is 61.9 Å². The fraction of sp³-hybridized carbons (Fsp3) is 0.304. The first-order chi connectivity index (χ1) is 14.9. The van der Waals surface area contributed by atoms with Crippen molar-refractivity contribution in [1.82, 2.24) is 9.46 Å². The number of hydrogen-bond acceptors (Lipinski definition) is 5. The Bertz CT molecular complexity index is 1130. The fourth-order valence-corrected chi connectivity index (χ4v) is 5.30. The Morgan fingerprint density at radius 2 is 1.77 bits per heavy atom. The SMILES string of the molecule is Cc1cc(C(=O)Nc2ccc(S(=O)(=O)N3CCC(Cc4ccccc4)CC3)cc2)no1. The van der Waals surface area contributed by atoms with Crippen LogP contribution in [0.3, 0.4) is 0 Å². The van der Waals surface area contributed by atoms with Crippen LogP contribution in [0.2, 0.25) is 0 Å². The van der Waals surface area contributed by atoms with E-state index in [-0.39, 0.29) is 10.6 Å². The lowest BCUT2D eigenvalue weighted by molar-refractivity contribution is 0.101. The summed E-state index contributed by atoms with van der Waals surface area (Å²) >= 11 is 0. The zero-order valence-corrected chi connectivity index (χ0v) is 18.1. The van der Waals surface area contributed by atoms with Crippen molar-refractivity contribution in [1.29, 1.82) is 0 Å². The lowest BCUT2D eigenvalue weighted by Gasteiger charge is -2.31. The minimum atomic E-state index is -3.56. The number of aromatic nitrogens is 1. The molecule has 0 spiro atoms. The van der Waals surface area contributed by atoms with E-state index >= 15 is 0 Å². The third-order valence-corrected chi connectivity index (χ3v) is 7.46. The highest BCUT2D eigenvalue weighted by molar-refractivity contribution is 7.89. The van der Waals surface area contributed by atoms with Gasteiger partial charge in [0.1, 0.15) is 5.76 Å². The first-order valence-corrected chi connectivity index (χ1v) is 11.7. The molecule has 0 unspecified atom stereocenters. The molecule has 31 heavy (non-hydrogen) atoms. The number of aryl methyl sites for hydroxylation is 1. The maximum absolute atomic E-state index is 13.0. The Kier molecular flexibility index (Phi) is 6.20. The molecule has 0 radical (unpaired) electrons. The van der Waals surface area contributed by atoms with Crippen LogP contribution in [0.1, 0.15) is 34.7 Å². The van der Waals surface area contributed by atoms with Crippen molar-refractivity contribution in [2.24, 2.45) is 5.92 Å². The van der Waals surface area contributed by atoms with E-state index in [2.05, 4.69) is 22.6 Å². The molecule has 1 N–H and O–H groups in total. The molecule has 1 saturated heterocycles. The van der Waals surface area contributed by atoms with E-state index in [0.717, 1.165) is 19.3 Å². The van der Waals surface area contributed by atoms with Gasteiger partial charge < -0.3 is 9.84 Å². The predicted octanol–water partition coefficient (Wildman–Crippen LogP) is 3.88. The van der Waals surface area contributed by atoms with Crippen LogP contribution in [0.5, 0.6) is 0 Å². The van der Waals surface area contributed by atoms with Gasteiger partial charge in [-0.1, -0.05) is 35.5 Å². The van der Waals surface area contributed by atoms with E-state index in [9.17, 15) is 13.2 Å². The zero-order chi connectivity index (χ0) is 21.8. The number of hydrogen-bond donors (Lipinski definition) is 1. The van der Waals surface area contributed by atoms with Crippen LogP contribution >= 0.6 is 0 Å². The van der Waals surface area contributed by atoms with Crippen molar-refractivity contribution < 1.29 is 17.7 Å². The van der Waals surface area contributed by atoms with Crippen LogP contribution in [-0.4, -0.2) is 36.9 Å². The maximum atomic E-state index is 13.0. The average molecular weight is 440 g/mol. The van der Waals surface area contributed by atoms with E-state index < -0.39 is 15.9 Å². The summed E-state index contributed by atoms with van der Waals surface area (Å²) in [5, 5.41) is 6.36. The molecule has 1 aromatic heterocycles. The molecular formula is C23H25N3O4S. The number of nitrogens with zero attached hydrogens (tertiary/aromatic N) is 2. The zero-order valence-electron chi connectivity index (χ0n) is 17.3. The summed E-state index contributed by atoms with van der Waals surface area (Å²) in [4.78, 5) is 12.4. The number of nitrogens with one attached hydrogen (secondary N) is 1. The molecule has 3 aromatic rings. The Morgan fingerprint density at radius 1 is 1.10 bits per heavy atom. The minimum absolute atomic E-state index is 0.174. The van der Waals surface area contributed by atoms with Gasteiger partial charge in [-0.25, -0.2) is 8.42 Å². The second-order valence-corrected chi connectivity index (χ2v) is 9.78. The molecule has 2 heterocycles. The van der Waals surface area contributed by atoms with Crippen LogP contribution in [0, 0.1) is 12.8 Å². The average Bonchev–Trinajstić information content (AvgIpc) is 3.22. The molecule has 1 aliphatic rings. The summed E-state index contributed by atoms with van der Waals surface area (Å²) in [6.07, 6.45) is 2.67. The number of piperidine rings is 1. The van der Waals surface area contributed by atoms with Crippen LogP contribution in [0.25, 0.3) is 0 Å². The smallest absolute Gasteiger partial charge is 0.277 e. The summed E-state index contributed by atoms with van der Waals surface area (Å²) < 4.78 is 32.5. The second-order valence-electron chi connectivity index (χ2n) is 7.84. The topological polar surface area (TPSA) is 92.5 Å². The summed E-state index contributed by atoms with van der Waals surface area (Å²) in [6, 6.07) is 18.1. The fourth-order valence-electron chi connectivity index (χ4n) is 3.83. The summed E-state index contributed by atoms with van der Waals surface area (Å²) in [7, 11) is -3.56. The predicted molar refractivity (Wildman–Crippen MR) is 117 cm³/mol. The summed E-state index contributed by atoms with van der Waals surface area (Å²) in [6.45, 7) is 2.74. The lowest BCUT2D eigenvalue weighted by atomic mass is 9.91. The van der Waals surface area contributed by atoms with Crippen molar-refractivity contribution in [3.63, 3.8) is 0 Å². The van der Waals surface area contributed by atoms with Crippen LogP contribution in [0.4, 0.5) is 5.69 Å². The minimum Gasteiger partial charge on any atom is -0.361 e. The molecule has 0 atom stereocenters. The molecule has 8 heteroatoms. The van der Waals surface area contributed by atoms with Crippen molar-refractivity contribution in [2.45, 2.75) is 31.1 Å². The molecule has 1 aliphatic heterocycles. The van der Waals surface area contributed by atoms with E-state index in [1.54, 1.807) is 23.4 Å². The van der Waals surface area contributed by atoms with Gasteiger partial charge >= 0.3 is 0 Å². The number of amides is 1. The number of sulfonamides is 1. The quantitative estimate of drug-likeness (QED) is 0.629. The monoisotopic (exact) mass is 439 g/mol. The van der Waals surface area contributed by atoms with Crippen molar-refractivity contribution in [2.75, 3.05) is 18.4 Å². The van der Waals surface area contributed by atoms with E-state index in [1.807, 2.05) is 18.2 Å². The van der Waals surface area contributed by atoms with Gasteiger partial charge in [-0.2, -0.15) is 4.31 Å². The van der Waals surface area contributed by atoms with Gasteiger partial charge in [0, 0.05) is 24.8 Å². The maximum Gasteiger partial charge on any atom is 0.277 e. The van der Waals surface area contributed by atoms with Crippen molar-refractivity contribution in [3.05, 3.63) is 77.7 Å². The Balaban J connectivity index is 1.36. The van der Waals surface area contributed by atoms with E-state index in [0.29, 0.717) is 30.5 Å². The summed E-state index contributed by atoms with van der Waals surface area (Å²) in [5.74, 6) is 0.624. The number of rotatable bonds is 6. The number of carbonyl (C=O) groups is 1. The Labute approximate surface area is 182 Å². The highest BCUT2D eigenvalue weighted by Gasteiger charge is 2.29. The molecule has 0 aliphatic carbocycles. The first kappa shape index (κ1) is 21.3. The second kappa shape index (κ2) is 9.03. The molecule has 2 aromatic carbocycles. The van der Waals surface area contributed by atoms with Crippen LogP contribution in [0.15, 0.2) is 70.1 Å². The standard InChI is InChI=1S/C23H25N3O4S/c1-17-15-22(25-30-17)23(27)24-20-7-9-21(10-8-20)31(28,29)26-13-11-19(12-14-26)16-18-5-3-2-4-6-18/h2-10,15,19H,11-14,16H2,1H3,(H,24,27). The number of anilines is 1. The molecule has 0 saturated carbocycles. The largest absolute Gasteiger partial charge is 0.361 e. The van der Waals surface area contributed by atoms with E-state index in [1.165, 1.54) is 23.8 Å². The normalized spacial score (nSPS) is 15.6. The highest BCUT2D eigenvalue weighted by atomic mass is 32.2. The highest BCUT2D eigenvalue weighted by Crippen LogP contribution is 2.27. The number of benzene rings is 2. The van der Waals surface area contributed by atoms with Crippen molar-refractivity contribution >= 4 is 21.6 Å². The van der Waals surface area contributed by atoms with Gasteiger partial charge in [-0.3, -0.25) is 4.79 Å². The first-order valence-electron chi connectivity index (χ1n) is 10.3. The van der Waals surface area contributed by atoms with Gasteiger partial charge in [-0.15, -0.1) is 0 Å². The molecule has 1 amide bonds. The Morgan fingerprint density at radius 3 is 2.39 bits per heavy atom. The molecule has 0 bridgehead atoms. The van der Waals surface area contributed by atoms with Gasteiger partial charge in [0.05, 0.1) is 4.90 Å². The van der Waals surface area contributed by atoms with Crippen molar-refractivity contribution in [3.8, 4) is 0 Å².